The molecule has 0 radical (unpaired) electrons. The van der Waals surface area contributed by atoms with E-state index in [2.05, 4.69) is 28.9 Å². The number of rotatable bonds is 3. The van der Waals surface area contributed by atoms with E-state index in [4.69, 9.17) is 4.42 Å². The Hall–Kier alpha value is -0.240. The van der Waals surface area contributed by atoms with Gasteiger partial charge in [-0.2, -0.15) is 0 Å². The van der Waals surface area contributed by atoms with E-state index in [9.17, 15) is 0 Å². The molecule has 1 aliphatic carbocycles. The van der Waals surface area contributed by atoms with E-state index in [1.54, 1.807) is 6.26 Å². The Bertz CT molecular complexity index is 251. The molecule has 2 heteroatoms. The summed E-state index contributed by atoms with van der Waals surface area (Å²) in [5, 5.41) is 1.12. The minimum absolute atomic E-state index is 0.532. The van der Waals surface area contributed by atoms with E-state index in [-0.39, 0.29) is 0 Å². The van der Waals surface area contributed by atoms with Crippen molar-refractivity contribution >= 4 is 15.9 Å². The second kappa shape index (κ2) is 2.91. The Balaban J connectivity index is 2.04. The van der Waals surface area contributed by atoms with Gasteiger partial charge < -0.3 is 4.42 Å². The molecule has 1 aromatic rings. The molecule has 0 spiro atoms. The van der Waals surface area contributed by atoms with Gasteiger partial charge in [-0.25, -0.2) is 0 Å². The molecule has 2 unspecified atom stereocenters. The number of alkyl halides is 1. The standard InChI is InChI=1S/C10H13BrO/c1-8-4-10(8,7-11)5-9-2-3-12-6-9/h2-3,6,8H,4-5,7H2,1H3. The highest BCUT2D eigenvalue weighted by Crippen LogP contribution is 2.55. The number of furan rings is 1. The van der Waals surface area contributed by atoms with Gasteiger partial charge >= 0.3 is 0 Å². The van der Waals surface area contributed by atoms with Gasteiger partial charge in [0.1, 0.15) is 0 Å². The second-order valence-electron chi connectivity index (χ2n) is 3.91. The van der Waals surface area contributed by atoms with Crippen LogP contribution in [0.4, 0.5) is 0 Å². The molecule has 1 aromatic heterocycles. The number of hydrogen-bond acceptors (Lipinski definition) is 1. The van der Waals surface area contributed by atoms with Crippen molar-refractivity contribution in [2.45, 2.75) is 19.8 Å². The monoisotopic (exact) mass is 228 g/mol. The van der Waals surface area contributed by atoms with Crippen molar-refractivity contribution in [2.24, 2.45) is 11.3 Å². The summed E-state index contributed by atoms with van der Waals surface area (Å²) in [7, 11) is 0. The van der Waals surface area contributed by atoms with E-state index in [1.165, 1.54) is 12.0 Å². The first-order valence-corrected chi connectivity index (χ1v) is 5.46. The summed E-state index contributed by atoms with van der Waals surface area (Å²) in [6.45, 7) is 2.32. The Kier molecular flexibility index (Phi) is 2.03. The van der Waals surface area contributed by atoms with Crippen molar-refractivity contribution in [1.29, 1.82) is 0 Å². The van der Waals surface area contributed by atoms with E-state index < -0.39 is 0 Å². The van der Waals surface area contributed by atoms with Crippen LogP contribution in [0.15, 0.2) is 23.0 Å². The van der Waals surface area contributed by atoms with Crippen molar-refractivity contribution in [1.82, 2.24) is 0 Å². The first-order valence-electron chi connectivity index (χ1n) is 4.34. The maximum Gasteiger partial charge on any atom is 0.0934 e. The van der Waals surface area contributed by atoms with E-state index >= 15 is 0 Å². The average molecular weight is 229 g/mol. The van der Waals surface area contributed by atoms with Crippen LogP contribution in [0.2, 0.25) is 0 Å². The molecule has 66 valence electrons. The predicted octanol–water partition coefficient (Wildman–Crippen LogP) is 3.24. The van der Waals surface area contributed by atoms with Crippen LogP contribution in [0.3, 0.4) is 0 Å². The molecule has 0 bridgehead atoms. The summed E-state index contributed by atoms with van der Waals surface area (Å²) < 4.78 is 5.05. The van der Waals surface area contributed by atoms with Gasteiger partial charge in [-0.1, -0.05) is 22.9 Å². The van der Waals surface area contributed by atoms with Crippen LogP contribution in [0.1, 0.15) is 18.9 Å². The molecule has 0 amide bonds. The van der Waals surface area contributed by atoms with E-state index in [1.807, 2.05) is 6.26 Å². The third kappa shape index (κ3) is 1.33. The van der Waals surface area contributed by atoms with Gasteiger partial charge in [0, 0.05) is 5.33 Å². The molecule has 1 aliphatic rings. The lowest BCUT2D eigenvalue weighted by Crippen LogP contribution is -2.08. The fourth-order valence-corrected chi connectivity index (χ4v) is 2.81. The van der Waals surface area contributed by atoms with Gasteiger partial charge in [-0.15, -0.1) is 0 Å². The first kappa shape index (κ1) is 8.36. The molecule has 12 heavy (non-hydrogen) atoms. The van der Waals surface area contributed by atoms with Gasteiger partial charge in [0.25, 0.3) is 0 Å². The zero-order valence-electron chi connectivity index (χ0n) is 7.22. The normalized spacial score (nSPS) is 33.7. The smallest absolute Gasteiger partial charge is 0.0934 e. The third-order valence-corrected chi connectivity index (χ3v) is 4.12. The van der Waals surface area contributed by atoms with Crippen molar-refractivity contribution in [3.63, 3.8) is 0 Å². The summed E-state index contributed by atoms with van der Waals surface area (Å²) in [5.41, 5.74) is 1.86. The maximum absolute atomic E-state index is 5.05. The van der Waals surface area contributed by atoms with Crippen LogP contribution in [-0.2, 0) is 6.42 Å². The molecule has 0 aliphatic heterocycles. The molecular formula is C10H13BrO. The highest BCUT2D eigenvalue weighted by Gasteiger charge is 2.49. The fraction of sp³-hybridized carbons (Fsp3) is 0.600. The van der Waals surface area contributed by atoms with Crippen LogP contribution < -0.4 is 0 Å². The maximum atomic E-state index is 5.05. The zero-order valence-corrected chi connectivity index (χ0v) is 8.80. The molecule has 1 nitrogen and oxygen atoms in total. The zero-order chi connectivity index (χ0) is 8.60. The average Bonchev–Trinajstić information content (AvgIpc) is 2.51. The quantitative estimate of drug-likeness (QED) is 0.725. The predicted molar refractivity (Wildman–Crippen MR) is 52.4 cm³/mol. The molecule has 0 saturated heterocycles. The highest BCUT2D eigenvalue weighted by molar-refractivity contribution is 9.09. The lowest BCUT2D eigenvalue weighted by Gasteiger charge is -2.10. The molecule has 2 rings (SSSR count). The van der Waals surface area contributed by atoms with Gasteiger partial charge in [-0.05, 0) is 35.8 Å². The minimum Gasteiger partial charge on any atom is -0.472 e. The fourth-order valence-electron chi connectivity index (χ4n) is 1.83. The van der Waals surface area contributed by atoms with E-state index in [0.29, 0.717) is 5.41 Å². The molecule has 1 heterocycles. The Morgan fingerprint density at radius 1 is 1.75 bits per heavy atom. The summed E-state index contributed by atoms with van der Waals surface area (Å²) in [5.74, 6) is 0.867. The first-order chi connectivity index (χ1) is 5.77. The topological polar surface area (TPSA) is 13.1 Å². The summed E-state index contributed by atoms with van der Waals surface area (Å²) >= 11 is 3.59. The SMILES string of the molecule is CC1CC1(CBr)Cc1ccoc1. The largest absolute Gasteiger partial charge is 0.472 e. The van der Waals surface area contributed by atoms with Gasteiger partial charge in [0.05, 0.1) is 12.5 Å². The summed E-state index contributed by atoms with van der Waals surface area (Å²) in [4.78, 5) is 0. The third-order valence-electron chi connectivity index (χ3n) is 3.00. The number of hydrogen-bond donors (Lipinski definition) is 0. The lowest BCUT2D eigenvalue weighted by molar-refractivity contribution is 0.519. The summed E-state index contributed by atoms with van der Waals surface area (Å²) in [6, 6.07) is 2.06. The molecule has 0 aromatic carbocycles. The van der Waals surface area contributed by atoms with Crippen molar-refractivity contribution in [2.75, 3.05) is 5.33 Å². The van der Waals surface area contributed by atoms with Crippen LogP contribution in [-0.4, -0.2) is 5.33 Å². The molecular weight excluding hydrogens is 216 g/mol. The van der Waals surface area contributed by atoms with Gasteiger partial charge in [0.2, 0.25) is 0 Å². The van der Waals surface area contributed by atoms with Crippen molar-refractivity contribution in [3.05, 3.63) is 24.2 Å². The molecule has 1 saturated carbocycles. The van der Waals surface area contributed by atoms with Gasteiger partial charge in [0.15, 0.2) is 0 Å². The van der Waals surface area contributed by atoms with Crippen LogP contribution in [0.25, 0.3) is 0 Å². The Morgan fingerprint density at radius 3 is 2.92 bits per heavy atom. The molecule has 2 atom stereocenters. The van der Waals surface area contributed by atoms with Crippen molar-refractivity contribution in [3.8, 4) is 0 Å². The van der Waals surface area contributed by atoms with Crippen LogP contribution >= 0.6 is 15.9 Å². The Labute approximate surface area is 81.3 Å². The number of halogens is 1. The minimum atomic E-state index is 0.532. The second-order valence-corrected chi connectivity index (χ2v) is 4.47. The lowest BCUT2D eigenvalue weighted by atomic mass is 9.98. The highest BCUT2D eigenvalue weighted by atomic mass is 79.9. The molecule has 1 fully saturated rings. The van der Waals surface area contributed by atoms with E-state index in [0.717, 1.165) is 17.7 Å². The van der Waals surface area contributed by atoms with Crippen molar-refractivity contribution < 1.29 is 4.42 Å². The molecule has 0 N–H and O–H groups in total. The van der Waals surface area contributed by atoms with Crippen LogP contribution in [0.5, 0.6) is 0 Å². The van der Waals surface area contributed by atoms with Crippen LogP contribution in [0, 0.1) is 11.3 Å². The van der Waals surface area contributed by atoms with Gasteiger partial charge in [-0.3, -0.25) is 0 Å². The summed E-state index contributed by atoms with van der Waals surface area (Å²) in [6.07, 6.45) is 6.12. The Morgan fingerprint density at radius 2 is 2.50 bits per heavy atom.